The fraction of sp³-hybridized carbons (Fsp3) is 0.370. The molecule has 440 valence electrons. The molecule has 6 aromatic rings. The number of anilines is 1. The number of nitrogens with zero attached hydrogens (tertiary/aromatic N) is 2. The molecule has 0 saturated heterocycles. The fourth-order valence-corrected chi connectivity index (χ4v) is 12.4. The van der Waals surface area contributed by atoms with Crippen LogP contribution in [0, 0.1) is 30.9 Å². The Labute approximate surface area is 471 Å². The van der Waals surface area contributed by atoms with Gasteiger partial charge >= 0.3 is 0 Å². The van der Waals surface area contributed by atoms with E-state index in [-0.39, 0.29) is 42.2 Å². The third-order valence-electron chi connectivity index (χ3n) is 11.5. The number of hydrogen-bond donors (Lipinski definition) is 6. The highest BCUT2D eigenvalue weighted by Gasteiger charge is 2.26. The molecule has 0 aliphatic rings. The first-order chi connectivity index (χ1) is 35.6. The van der Waals surface area contributed by atoms with Crippen molar-refractivity contribution in [3.8, 4) is 0 Å². The molecule has 0 atom stereocenters. The number of fused-ring (bicyclic) bond motifs is 1. The standard InChI is InChI=1S/C16H27NO2S.C12H15N3O2S.C10H15NO2S.C7H8N2O4S.C7H9NO2S.2CH4/c1-10(2)13-8-14(11(3)4)16(20(18,19)17-7)15(9-13)12(5)6;1-15(2)11-7-3-6-10-9(11)5-4-8-12(10)18(16,17)14-13;1-7-5-8(2)10(9(3)6-7)14(12,13)11-4;1-8-14(12,13)7-4-2-6(3-5-7)9(10)11;1-8-11(9,10)7-5-3-2-4-6-7;;/h8-12,17H,1-7H3;3-8,14H,13H2,1-2H3;5-6,11H,1-4H3;2-5,8H,1H3;2-6,8H,1H3;2*1H4. The van der Waals surface area contributed by atoms with Crippen molar-refractivity contribution in [2.24, 2.45) is 5.84 Å². The smallest absolute Gasteiger partial charge is 0.269 e. The molecule has 6 rings (SSSR count). The molecule has 20 nitrogen and oxygen atoms in total. The maximum Gasteiger partial charge on any atom is 0.269 e. The van der Waals surface area contributed by atoms with Gasteiger partial charge in [-0.15, -0.1) is 0 Å². The number of aryl methyl sites for hydroxylation is 3. The van der Waals surface area contributed by atoms with E-state index in [9.17, 15) is 52.2 Å². The van der Waals surface area contributed by atoms with Crippen molar-refractivity contribution >= 4 is 72.3 Å². The molecule has 0 unspecified atom stereocenters. The molecular formula is C54H82N8O12S5. The van der Waals surface area contributed by atoms with E-state index in [1.54, 1.807) is 42.5 Å². The van der Waals surface area contributed by atoms with Crippen molar-refractivity contribution in [1.29, 1.82) is 0 Å². The summed E-state index contributed by atoms with van der Waals surface area (Å²) in [6, 6.07) is 31.4. The number of nitrogens with two attached hydrogens (primary N) is 1. The van der Waals surface area contributed by atoms with Crippen LogP contribution in [0.15, 0.2) is 140 Å². The van der Waals surface area contributed by atoms with E-state index in [4.69, 9.17) is 5.84 Å². The zero-order valence-corrected chi connectivity index (χ0v) is 50.2. The van der Waals surface area contributed by atoms with Crippen molar-refractivity contribution in [1.82, 2.24) is 23.7 Å². The molecule has 0 fully saturated rings. The van der Waals surface area contributed by atoms with Crippen molar-refractivity contribution in [2.75, 3.05) is 47.2 Å². The highest BCUT2D eigenvalue weighted by molar-refractivity contribution is 7.90. The molecule has 0 radical (unpaired) electrons. The van der Waals surface area contributed by atoms with E-state index >= 15 is 0 Å². The van der Waals surface area contributed by atoms with Crippen molar-refractivity contribution in [2.45, 2.75) is 119 Å². The van der Waals surface area contributed by atoms with Gasteiger partial charge in [0.1, 0.15) is 0 Å². The van der Waals surface area contributed by atoms with E-state index in [0.29, 0.717) is 26.0 Å². The van der Waals surface area contributed by atoms with E-state index in [0.717, 1.165) is 51.0 Å². The van der Waals surface area contributed by atoms with Gasteiger partial charge in [-0.2, -0.15) is 4.83 Å². The normalized spacial score (nSPS) is 11.5. The number of benzene rings is 6. The molecule has 0 aromatic heterocycles. The lowest BCUT2D eigenvalue weighted by atomic mass is 9.89. The average molecular weight is 1200 g/mol. The quantitative estimate of drug-likeness (QED) is 0.0318. The van der Waals surface area contributed by atoms with Crippen LogP contribution < -0.4 is 34.5 Å². The molecule has 0 bridgehead atoms. The summed E-state index contributed by atoms with van der Waals surface area (Å²) in [6.07, 6.45) is 0. The molecule has 0 spiro atoms. The van der Waals surface area contributed by atoms with Gasteiger partial charge in [-0.3, -0.25) is 16.0 Å². The van der Waals surface area contributed by atoms with Gasteiger partial charge in [-0.25, -0.2) is 61.0 Å². The summed E-state index contributed by atoms with van der Waals surface area (Å²) >= 11 is 0. The number of non-ortho nitro benzene ring substituents is 1. The summed E-state index contributed by atoms with van der Waals surface area (Å²) in [4.78, 5) is 14.8. The number of hydrogen-bond acceptors (Lipinski definition) is 14. The lowest BCUT2D eigenvalue weighted by Crippen LogP contribution is -2.30. The number of nitro benzene ring substituents is 1. The maximum absolute atomic E-state index is 12.4. The van der Waals surface area contributed by atoms with E-state index in [2.05, 4.69) is 32.7 Å². The molecule has 79 heavy (non-hydrogen) atoms. The second-order valence-corrected chi connectivity index (χ2v) is 27.4. The molecule has 0 heterocycles. The minimum atomic E-state index is -3.66. The molecule has 7 N–H and O–H groups in total. The largest absolute Gasteiger partial charge is 0.377 e. The van der Waals surface area contributed by atoms with Gasteiger partial charge in [-0.05, 0) is 131 Å². The summed E-state index contributed by atoms with van der Waals surface area (Å²) in [5, 5.41) is 11.8. The van der Waals surface area contributed by atoms with Gasteiger partial charge in [0.05, 0.1) is 29.4 Å². The fourth-order valence-electron chi connectivity index (χ4n) is 7.53. The van der Waals surface area contributed by atoms with Gasteiger partial charge in [0, 0.05) is 42.7 Å². The second kappa shape index (κ2) is 31.3. The lowest BCUT2D eigenvalue weighted by molar-refractivity contribution is -0.384. The Hall–Kier alpha value is -5.71. The first kappa shape index (κ1) is 73.3. The zero-order chi connectivity index (χ0) is 59.0. The van der Waals surface area contributed by atoms with Gasteiger partial charge in [0.25, 0.3) is 15.7 Å². The first-order valence-electron chi connectivity index (χ1n) is 23.8. The van der Waals surface area contributed by atoms with Crippen LogP contribution in [0.5, 0.6) is 0 Å². The summed E-state index contributed by atoms with van der Waals surface area (Å²) < 4.78 is 126. The van der Waals surface area contributed by atoms with Crippen LogP contribution in [-0.2, 0) is 50.1 Å². The lowest BCUT2D eigenvalue weighted by Gasteiger charge is -2.22. The summed E-state index contributed by atoms with van der Waals surface area (Å²) in [6.45, 7) is 18.0. The SMILES string of the molecule is C.C.CN(C)c1cccc2c(S(=O)(=O)NN)cccc12.CNS(=O)(=O)c1c(C(C)C)cc(C(C)C)cc1C(C)C.CNS(=O)(=O)c1c(C)cc(C)cc1C.CNS(=O)(=O)c1ccc([N+](=O)[O-])cc1.CNS(=O)(=O)c1ccccc1. The van der Waals surface area contributed by atoms with E-state index in [1.165, 1.54) is 52.0 Å². The highest BCUT2D eigenvalue weighted by atomic mass is 32.2. The Morgan fingerprint density at radius 1 is 0.494 bits per heavy atom. The predicted octanol–water partition coefficient (Wildman–Crippen LogP) is 8.91. The summed E-state index contributed by atoms with van der Waals surface area (Å²) in [5.74, 6) is 5.81. The molecular weight excluding hydrogens is 1110 g/mol. The minimum absolute atomic E-state index is 0. The van der Waals surface area contributed by atoms with Crippen LogP contribution in [0.1, 0.15) is 108 Å². The number of nitro groups is 1. The Bertz CT molecular complexity index is 3490. The minimum Gasteiger partial charge on any atom is -0.377 e. The number of sulfonamides is 5. The third-order valence-corrected chi connectivity index (χ3v) is 18.9. The summed E-state index contributed by atoms with van der Waals surface area (Å²) in [5.41, 5.74) is 6.50. The van der Waals surface area contributed by atoms with Crippen LogP contribution in [0.25, 0.3) is 10.8 Å². The van der Waals surface area contributed by atoms with Crippen LogP contribution >= 0.6 is 0 Å². The van der Waals surface area contributed by atoms with Crippen LogP contribution in [0.2, 0.25) is 0 Å². The molecule has 6 aromatic carbocycles. The topological polar surface area (TPSA) is 303 Å². The Kier molecular flexibility index (Phi) is 29.1. The number of hydrazine groups is 1. The van der Waals surface area contributed by atoms with Gasteiger partial charge in [0.2, 0.25) is 40.1 Å². The Morgan fingerprint density at radius 2 is 0.899 bits per heavy atom. The first-order valence-corrected chi connectivity index (χ1v) is 31.2. The van der Waals surface area contributed by atoms with Crippen LogP contribution in [-0.4, -0.2) is 89.3 Å². The third kappa shape index (κ3) is 20.1. The highest BCUT2D eigenvalue weighted by Crippen LogP contribution is 2.35. The van der Waals surface area contributed by atoms with Crippen molar-refractivity contribution < 1.29 is 47.0 Å². The van der Waals surface area contributed by atoms with E-state index in [1.807, 2.05) is 115 Å². The van der Waals surface area contributed by atoms with Crippen molar-refractivity contribution in [3.05, 3.63) is 159 Å². The number of rotatable bonds is 15. The van der Waals surface area contributed by atoms with Crippen LogP contribution in [0.3, 0.4) is 0 Å². The number of nitrogens with one attached hydrogen (secondary N) is 5. The Morgan fingerprint density at radius 3 is 1.28 bits per heavy atom. The predicted molar refractivity (Wildman–Crippen MR) is 320 cm³/mol. The Balaban J connectivity index is 0.000000970. The van der Waals surface area contributed by atoms with Gasteiger partial charge < -0.3 is 4.90 Å². The molecule has 0 amide bonds. The van der Waals surface area contributed by atoms with Crippen LogP contribution in [0.4, 0.5) is 11.4 Å². The second-order valence-electron chi connectivity index (χ2n) is 18.3. The zero-order valence-electron chi connectivity index (χ0n) is 46.1. The summed E-state index contributed by atoms with van der Waals surface area (Å²) in [7, 11) is -7.80. The van der Waals surface area contributed by atoms with E-state index < -0.39 is 55.0 Å². The monoisotopic (exact) mass is 1190 g/mol. The average Bonchev–Trinajstić information content (AvgIpc) is 3.38. The molecule has 0 aliphatic heterocycles. The molecule has 0 aliphatic carbocycles. The van der Waals surface area contributed by atoms with Crippen molar-refractivity contribution in [3.63, 3.8) is 0 Å². The van der Waals surface area contributed by atoms with Gasteiger partial charge in [-0.1, -0.05) is 129 Å². The van der Waals surface area contributed by atoms with Gasteiger partial charge in [0.15, 0.2) is 0 Å². The molecule has 0 saturated carbocycles. The molecule has 25 heteroatoms. The maximum atomic E-state index is 12.4.